The predicted octanol–water partition coefficient (Wildman–Crippen LogP) is 2.65. The van der Waals surface area contributed by atoms with Crippen LogP contribution in [0.2, 0.25) is 0 Å². The number of piperidine rings is 1. The summed E-state index contributed by atoms with van der Waals surface area (Å²) >= 11 is 0. The van der Waals surface area contributed by atoms with E-state index in [0.29, 0.717) is 17.9 Å². The molecule has 1 aliphatic rings. The minimum Gasteiger partial charge on any atom is -0.492 e. The Bertz CT molecular complexity index is 966. The van der Waals surface area contributed by atoms with Gasteiger partial charge in [-0.15, -0.1) is 0 Å². The Morgan fingerprint density at radius 1 is 1.16 bits per heavy atom. The van der Waals surface area contributed by atoms with Gasteiger partial charge in [0.1, 0.15) is 23.0 Å². The normalized spacial score (nSPS) is 16.5. The number of carboxylic acid groups (broad SMARTS) is 1. The van der Waals surface area contributed by atoms with Crippen LogP contribution in [0.3, 0.4) is 0 Å². The van der Waals surface area contributed by atoms with Crippen molar-refractivity contribution in [2.24, 2.45) is 5.90 Å². The van der Waals surface area contributed by atoms with Crippen molar-refractivity contribution in [3.05, 3.63) is 47.9 Å². The second kappa shape index (κ2) is 11.5. The summed E-state index contributed by atoms with van der Waals surface area (Å²) in [4.78, 5) is 14.3. The van der Waals surface area contributed by atoms with Gasteiger partial charge in [-0.3, -0.25) is 9.69 Å². The highest BCUT2D eigenvalue weighted by Crippen LogP contribution is 2.32. The number of carbonyl (C=O) groups is 1. The first-order valence-corrected chi connectivity index (χ1v) is 11.9. The van der Waals surface area contributed by atoms with Gasteiger partial charge in [0, 0.05) is 13.0 Å². The van der Waals surface area contributed by atoms with Gasteiger partial charge in [-0.25, -0.2) is 14.3 Å². The molecule has 3 rings (SSSR count). The van der Waals surface area contributed by atoms with Gasteiger partial charge in [0.2, 0.25) is 0 Å². The Hall–Kier alpha value is -2.40. The van der Waals surface area contributed by atoms with Gasteiger partial charge in [0.05, 0.1) is 6.26 Å². The average Bonchev–Trinajstić information content (AvgIpc) is 3.23. The molecule has 1 saturated heterocycles. The number of aliphatic carboxylic acids is 1. The quantitative estimate of drug-likeness (QED) is 0.473. The van der Waals surface area contributed by atoms with Gasteiger partial charge < -0.3 is 19.5 Å². The average molecular weight is 469 g/mol. The Morgan fingerprint density at radius 2 is 1.78 bits per heavy atom. The number of aryl methyl sites for hydroxylation is 1. The molecule has 2 heterocycles. The Morgan fingerprint density at radius 3 is 2.31 bits per heavy atom. The predicted molar refractivity (Wildman–Crippen MR) is 119 cm³/mol. The van der Waals surface area contributed by atoms with Gasteiger partial charge in [0.15, 0.2) is 14.6 Å². The topological polar surface area (TPSA) is 143 Å². The molecular weight excluding hydrogens is 436 g/mol. The van der Waals surface area contributed by atoms with Crippen molar-refractivity contribution < 1.29 is 32.7 Å². The number of hydrogen-bond donors (Lipinski definition) is 3. The number of rotatable bonds is 9. The standard InChI is InChI=1S/C22H29NO6S.H3NO/c1-17-20(10-14-28-17)30(26,27)22(2,21(24)25)16-18-6-8-19(9-7-18)29-15-13-23-11-4-3-5-12-23;1-2/h6-10,14H,3-5,11-13,15-16H2,1-2H3,(H,24,25);2H,1H2. The maximum absolute atomic E-state index is 13.1. The second-order valence-corrected chi connectivity index (χ2v) is 10.3. The number of nitrogens with two attached hydrogens (primary N) is 1. The van der Waals surface area contributed by atoms with Crippen molar-refractivity contribution in [3.8, 4) is 5.75 Å². The Balaban J connectivity index is 0.00000176. The minimum atomic E-state index is -4.15. The molecule has 9 nitrogen and oxygen atoms in total. The highest BCUT2D eigenvalue weighted by Gasteiger charge is 2.48. The molecule has 32 heavy (non-hydrogen) atoms. The van der Waals surface area contributed by atoms with Gasteiger partial charge in [-0.05, 0) is 63.5 Å². The van der Waals surface area contributed by atoms with Crippen molar-refractivity contribution in [3.63, 3.8) is 0 Å². The molecule has 1 aromatic carbocycles. The lowest BCUT2D eigenvalue weighted by Gasteiger charge is -2.26. The van der Waals surface area contributed by atoms with Crippen molar-refractivity contribution in [2.75, 3.05) is 26.2 Å². The highest BCUT2D eigenvalue weighted by molar-refractivity contribution is 7.93. The summed E-state index contributed by atoms with van der Waals surface area (Å²) in [6.07, 6.45) is 4.85. The summed E-state index contributed by atoms with van der Waals surface area (Å²) in [5, 5.41) is 16.3. The number of ether oxygens (including phenoxy) is 1. The van der Waals surface area contributed by atoms with Crippen LogP contribution >= 0.6 is 0 Å². The van der Waals surface area contributed by atoms with E-state index in [1.165, 1.54) is 45.4 Å². The van der Waals surface area contributed by atoms with E-state index in [9.17, 15) is 18.3 Å². The van der Waals surface area contributed by atoms with E-state index in [-0.39, 0.29) is 17.1 Å². The van der Waals surface area contributed by atoms with Crippen LogP contribution in [0.25, 0.3) is 0 Å². The summed E-state index contributed by atoms with van der Waals surface area (Å²) < 4.78 is 35.0. The number of sulfone groups is 1. The fraction of sp³-hybridized carbons (Fsp3) is 0.500. The van der Waals surface area contributed by atoms with Crippen LogP contribution in [-0.4, -0.2) is 60.6 Å². The molecule has 1 aliphatic heterocycles. The molecule has 1 aromatic heterocycles. The van der Waals surface area contributed by atoms with Crippen LogP contribution in [0.15, 0.2) is 45.9 Å². The van der Waals surface area contributed by atoms with E-state index in [1.54, 1.807) is 24.3 Å². The molecule has 0 saturated carbocycles. The number of nitrogens with zero attached hydrogens (tertiary/aromatic N) is 1. The zero-order valence-corrected chi connectivity index (χ0v) is 19.3. The van der Waals surface area contributed by atoms with Crippen LogP contribution in [-0.2, 0) is 21.1 Å². The molecule has 0 bridgehead atoms. The van der Waals surface area contributed by atoms with E-state index in [2.05, 4.69) is 10.8 Å². The molecular formula is C22H32N2O7S. The zero-order chi connectivity index (χ0) is 23.8. The minimum absolute atomic E-state index is 0.0925. The molecule has 1 unspecified atom stereocenters. The van der Waals surface area contributed by atoms with Crippen molar-refractivity contribution in [1.82, 2.24) is 4.90 Å². The molecule has 0 amide bonds. The largest absolute Gasteiger partial charge is 0.492 e. The number of hydrogen-bond acceptors (Lipinski definition) is 8. The van der Waals surface area contributed by atoms with Crippen molar-refractivity contribution >= 4 is 15.8 Å². The molecule has 2 aromatic rings. The number of carboxylic acids is 1. The summed E-state index contributed by atoms with van der Waals surface area (Å²) in [7, 11) is -4.15. The summed E-state index contributed by atoms with van der Waals surface area (Å²) in [6.45, 7) is 6.42. The van der Waals surface area contributed by atoms with Gasteiger partial charge >= 0.3 is 5.97 Å². The lowest BCUT2D eigenvalue weighted by Crippen LogP contribution is -2.45. The number of benzene rings is 1. The van der Waals surface area contributed by atoms with E-state index in [4.69, 9.17) is 14.4 Å². The third-order valence-corrected chi connectivity index (χ3v) is 8.24. The zero-order valence-electron chi connectivity index (χ0n) is 18.5. The van der Waals surface area contributed by atoms with Crippen LogP contribution in [0.4, 0.5) is 0 Å². The molecule has 4 N–H and O–H groups in total. The third-order valence-electron chi connectivity index (χ3n) is 5.74. The summed E-state index contributed by atoms with van der Waals surface area (Å²) in [5.41, 5.74) is 0.605. The lowest BCUT2D eigenvalue weighted by molar-refractivity contribution is -0.139. The molecule has 1 fully saturated rings. The monoisotopic (exact) mass is 468 g/mol. The maximum atomic E-state index is 13.1. The van der Waals surface area contributed by atoms with Gasteiger partial charge in [-0.2, -0.15) is 0 Å². The van der Waals surface area contributed by atoms with Gasteiger partial charge in [0.25, 0.3) is 0 Å². The third kappa shape index (κ3) is 5.89. The fourth-order valence-corrected chi connectivity index (χ4v) is 5.48. The lowest BCUT2D eigenvalue weighted by atomic mass is 10.0. The van der Waals surface area contributed by atoms with Crippen LogP contribution in [0.1, 0.15) is 37.5 Å². The SMILES string of the molecule is Cc1occc1S(=O)(=O)C(C)(Cc1ccc(OCCN2CCCCC2)cc1)C(=O)O.NO. The van der Waals surface area contributed by atoms with Crippen LogP contribution in [0, 0.1) is 6.92 Å². The van der Waals surface area contributed by atoms with Crippen LogP contribution in [0.5, 0.6) is 5.75 Å². The summed E-state index contributed by atoms with van der Waals surface area (Å²) in [6, 6.07) is 8.24. The molecule has 1 atom stereocenters. The number of furan rings is 1. The first-order chi connectivity index (χ1) is 15.2. The highest BCUT2D eigenvalue weighted by atomic mass is 32.2. The van der Waals surface area contributed by atoms with Crippen LogP contribution < -0.4 is 10.6 Å². The smallest absolute Gasteiger partial charge is 0.325 e. The maximum Gasteiger partial charge on any atom is 0.325 e. The van der Waals surface area contributed by atoms with Crippen molar-refractivity contribution in [1.29, 1.82) is 0 Å². The van der Waals surface area contributed by atoms with E-state index in [1.807, 2.05) is 0 Å². The van der Waals surface area contributed by atoms with Crippen molar-refractivity contribution in [2.45, 2.75) is 49.2 Å². The Labute approximate surface area is 188 Å². The molecule has 0 aliphatic carbocycles. The second-order valence-electron chi connectivity index (χ2n) is 7.95. The van der Waals surface area contributed by atoms with E-state index < -0.39 is 20.6 Å². The molecule has 0 spiro atoms. The number of likely N-dealkylation sites (tertiary alicyclic amines) is 1. The molecule has 178 valence electrons. The summed E-state index contributed by atoms with van der Waals surface area (Å²) in [5.74, 6) is 2.96. The fourth-order valence-electron chi connectivity index (χ4n) is 3.75. The first kappa shape index (κ1) is 25.9. The Kier molecular flexibility index (Phi) is 9.26. The molecule has 10 heteroatoms. The molecule has 0 radical (unpaired) electrons. The van der Waals surface area contributed by atoms with Gasteiger partial charge in [-0.1, -0.05) is 18.6 Å². The van der Waals surface area contributed by atoms with E-state index >= 15 is 0 Å². The van der Waals surface area contributed by atoms with E-state index in [0.717, 1.165) is 19.6 Å². The first-order valence-electron chi connectivity index (χ1n) is 10.5.